The van der Waals surface area contributed by atoms with Crippen LogP contribution < -0.4 is 27.4 Å². The molecular formula is C40H44N6O5. The van der Waals surface area contributed by atoms with E-state index in [1.54, 1.807) is 36.4 Å². The third kappa shape index (κ3) is 9.90. The molecule has 8 N–H and O–H groups in total. The van der Waals surface area contributed by atoms with E-state index >= 15 is 0 Å². The van der Waals surface area contributed by atoms with Crippen LogP contribution in [-0.4, -0.2) is 60.5 Å². The van der Waals surface area contributed by atoms with E-state index in [-0.39, 0.29) is 6.42 Å². The van der Waals surface area contributed by atoms with Crippen LogP contribution in [0, 0.1) is 0 Å². The highest BCUT2D eigenvalue weighted by atomic mass is 16.5. The highest BCUT2D eigenvalue weighted by Gasteiger charge is 2.26. The molecule has 0 aliphatic heterocycles. The summed E-state index contributed by atoms with van der Waals surface area (Å²) < 4.78 is 4.89. The maximum absolute atomic E-state index is 13.9. The first-order valence-corrected chi connectivity index (χ1v) is 17.0. The molecule has 3 atom stereocenters. The predicted octanol–water partition coefficient (Wildman–Crippen LogP) is 4.47. The minimum Gasteiger partial charge on any atom is -0.467 e. The van der Waals surface area contributed by atoms with Crippen molar-refractivity contribution >= 4 is 40.3 Å². The van der Waals surface area contributed by atoms with E-state index < -0.39 is 41.8 Å². The number of ether oxygens (including phenoxy) is 1. The largest absolute Gasteiger partial charge is 0.467 e. The fraction of sp³-hybridized carbons (Fsp3) is 0.250. The van der Waals surface area contributed by atoms with Gasteiger partial charge in [0.25, 0.3) is 5.91 Å². The molecule has 264 valence electrons. The van der Waals surface area contributed by atoms with Gasteiger partial charge in [-0.3, -0.25) is 14.4 Å². The summed E-state index contributed by atoms with van der Waals surface area (Å²) in [6, 6.07) is 28.9. The van der Waals surface area contributed by atoms with Crippen molar-refractivity contribution in [1.82, 2.24) is 15.6 Å². The van der Waals surface area contributed by atoms with Crippen molar-refractivity contribution in [2.45, 2.75) is 50.2 Å². The van der Waals surface area contributed by atoms with Gasteiger partial charge in [-0.1, -0.05) is 72.8 Å². The van der Waals surface area contributed by atoms with Gasteiger partial charge in [-0.25, -0.2) is 4.79 Å². The highest BCUT2D eigenvalue weighted by molar-refractivity contribution is 6.00. The second-order valence-electron chi connectivity index (χ2n) is 12.4. The summed E-state index contributed by atoms with van der Waals surface area (Å²) in [6.07, 6.45) is 4.21. The van der Waals surface area contributed by atoms with E-state index in [2.05, 4.69) is 20.9 Å². The quantitative estimate of drug-likeness (QED) is 0.0653. The van der Waals surface area contributed by atoms with Crippen LogP contribution in [0.5, 0.6) is 0 Å². The second-order valence-corrected chi connectivity index (χ2v) is 12.4. The zero-order chi connectivity index (χ0) is 36.2. The maximum atomic E-state index is 13.9. The number of esters is 1. The molecule has 0 saturated carbocycles. The smallest absolute Gasteiger partial charge is 0.328 e. The van der Waals surface area contributed by atoms with Crippen molar-refractivity contribution in [2.24, 2.45) is 11.5 Å². The van der Waals surface area contributed by atoms with Crippen LogP contribution in [0.25, 0.3) is 22.0 Å². The van der Waals surface area contributed by atoms with Gasteiger partial charge in [-0.2, -0.15) is 0 Å². The lowest BCUT2D eigenvalue weighted by Gasteiger charge is -2.21. The predicted molar refractivity (Wildman–Crippen MR) is 199 cm³/mol. The molecule has 0 aliphatic carbocycles. The summed E-state index contributed by atoms with van der Waals surface area (Å²) in [6.45, 7) is 0.492. The molecule has 51 heavy (non-hydrogen) atoms. The van der Waals surface area contributed by atoms with E-state index in [4.69, 9.17) is 16.2 Å². The Morgan fingerprint density at radius 1 is 0.765 bits per heavy atom. The molecule has 0 spiro atoms. The number of aromatic amines is 1. The van der Waals surface area contributed by atoms with Gasteiger partial charge in [0.2, 0.25) is 11.8 Å². The van der Waals surface area contributed by atoms with Gasteiger partial charge < -0.3 is 37.1 Å². The van der Waals surface area contributed by atoms with Crippen LogP contribution in [0.4, 0.5) is 5.69 Å². The van der Waals surface area contributed by atoms with Gasteiger partial charge in [0, 0.05) is 34.8 Å². The van der Waals surface area contributed by atoms with E-state index in [9.17, 15) is 19.2 Å². The number of carbonyl (C=O) groups is 4. The Kier molecular flexibility index (Phi) is 12.7. The summed E-state index contributed by atoms with van der Waals surface area (Å²) in [5, 5.41) is 9.60. The number of rotatable bonds is 16. The second kappa shape index (κ2) is 17.7. The first-order chi connectivity index (χ1) is 24.7. The van der Waals surface area contributed by atoms with Crippen LogP contribution in [0.3, 0.4) is 0 Å². The lowest BCUT2D eigenvalue weighted by Crippen LogP contribution is -2.51. The SMILES string of the molecule is COC(=O)[C@H](CCCCN)NC(=O)c1cccc(-c2cccc(NC(=O)[C@H](Cc3c[nH]c4ccccc34)NC(=O)[C@@H](N)Cc3ccccc3)c2)c1. The number of hydrogen-bond donors (Lipinski definition) is 6. The summed E-state index contributed by atoms with van der Waals surface area (Å²) >= 11 is 0. The molecular weight excluding hydrogens is 644 g/mol. The monoisotopic (exact) mass is 688 g/mol. The zero-order valence-corrected chi connectivity index (χ0v) is 28.6. The molecule has 0 fully saturated rings. The number of anilines is 1. The Morgan fingerprint density at radius 3 is 2.25 bits per heavy atom. The average molecular weight is 689 g/mol. The van der Waals surface area contributed by atoms with Crippen LogP contribution in [-0.2, 0) is 32.0 Å². The first-order valence-electron chi connectivity index (χ1n) is 17.0. The molecule has 0 aliphatic rings. The Hall–Kier alpha value is -5.78. The number of nitrogens with two attached hydrogens (primary N) is 2. The number of benzene rings is 4. The van der Waals surface area contributed by atoms with Crippen molar-refractivity contribution < 1.29 is 23.9 Å². The van der Waals surface area contributed by atoms with Crippen LogP contribution in [0.15, 0.2) is 109 Å². The number of unbranched alkanes of at least 4 members (excludes halogenated alkanes) is 1. The van der Waals surface area contributed by atoms with Gasteiger partial charge in [0.15, 0.2) is 0 Å². The Bertz CT molecular complexity index is 1960. The maximum Gasteiger partial charge on any atom is 0.328 e. The summed E-state index contributed by atoms with van der Waals surface area (Å²) in [7, 11) is 1.29. The third-order valence-electron chi connectivity index (χ3n) is 8.69. The average Bonchev–Trinajstić information content (AvgIpc) is 3.56. The van der Waals surface area contributed by atoms with Crippen LogP contribution >= 0.6 is 0 Å². The van der Waals surface area contributed by atoms with Crippen molar-refractivity contribution in [1.29, 1.82) is 0 Å². The number of hydrogen-bond acceptors (Lipinski definition) is 7. The van der Waals surface area contributed by atoms with Crippen molar-refractivity contribution in [3.63, 3.8) is 0 Å². The van der Waals surface area contributed by atoms with Crippen LogP contribution in [0.2, 0.25) is 0 Å². The number of carbonyl (C=O) groups excluding carboxylic acids is 4. The molecule has 1 heterocycles. The molecule has 3 amide bonds. The molecule has 4 aromatic carbocycles. The first kappa shape index (κ1) is 36.5. The minimum absolute atomic E-state index is 0.231. The number of aromatic nitrogens is 1. The van der Waals surface area contributed by atoms with Gasteiger partial charge in [0.1, 0.15) is 12.1 Å². The van der Waals surface area contributed by atoms with Crippen molar-refractivity contribution in [2.75, 3.05) is 19.0 Å². The van der Waals surface area contributed by atoms with E-state index in [1.165, 1.54) is 7.11 Å². The van der Waals surface area contributed by atoms with Gasteiger partial charge in [-0.15, -0.1) is 0 Å². The molecule has 0 saturated heterocycles. The Morgan fingerprint density at radius 2 is 1.49 bits per heavy atom. The molecule has 5 aromatic rings. The normalized spacial score (nSPS) is 12.8. The fourth-order valence-electron chi connectivity index (χ4n) is 5.94. The van der Waals surface area contributed by atoms with Crippen molar-refractivity contribution in [3.8, 4) is 11.1 Å². The summed E-state index contributed by atoms with van der Waals surface area (Å²) in [4.78, 5) is 55.9. The van der Waals surface area contributed by atoms with Gasteiger partial charge in [-0.05, 0) is 84.8 Å². The third-order valence-corrected chi connectivity index (χ3v) is 8.69. The van der Waals surface area contributed by atoms with Gasteiger partial charge >= 0.3 is 5.97 Å². The number of methoxy groups -OCH3 is 1. The fourth-order valence-corrected chi connectivity index (χ4v) is 5.94. The number of nitrogens with one attached hydrogen (secondary N) is 4. The minimum atomic E-state index is -0.929. The number of fused-ring (bicyclic) bond motifs is 1. The van der Waals surface area contributed by atoms with E-state index in [0.717, 1.165) is 39.6 Å². The van der Waals surface area contributed by atoms with Crippen LogP contribution in [0.1, 0.15) is 40.7 Å². The van der Waals surface area contributed by atoms with E-state index in [1.807, 2.05) is 72.9 Å². The molecule has 5 rings (SSSR count). The molecule has 0 bridgehead atoms. The molecule has 11 heteroatoms. The molecule has 11 nitrogen and oxygen atoms in total. The number of H-pyrrole nitrogens is 1. The molecule has 0 radical (unpaired) electrons. The Labute approximate surface area is 297 Å². The summed E-state index contributed by atoms with van der Waals surface area (Å²) in [5.41, 5.74) is 17.0. The molecule has 1 aromatic heterocycles. The molecule has 0 unspecified atom stereocenters. The van der Waals surface area contributed by atoms with Gasteiger partial charge in [0.05, 0.1) is 13.2 Å². The van der Waals surface area contributed by atoms with Crippen molar-refractivity contribution in [3.05, 3.63) is 126 Å². The topological polar surface area (TPSA) is 181 Å². The highest BCUT2D eigenvalue weighted by Crippen LogP contribution is 2.25. The lowest BCUT2D eigenvalue weighted by atomic mass is 10.0. The Balaban J connectivity index is 1.32. The lowest BCUT2D eigenvalue weighted by molar-refractivity contribution is -0.143. The van der Waals surface area contributed by atoms with E-state index in [0.29, 0.717) is 37.1 Å². The standard InChI is InChI=1S/C40H44N6O5/c1-51-40(50)35(19-7-8-20-41)45-37(47)29-15-9-13-27(22-29)28-14-10-16-31(23-28)44-39(49)36(24-30-25-43-34-18-6-5-17-32(30)34)46-38(48)33(42)21-26-11-3-2-4-12-26/h2-6,9-18,22-23,25,33,35-36,43H,7-8,19-21,24,41-42H2,1H3,(H,44,49)(H,45,47)(H,46,48)/t33-,35-,36-/m0/s1. The number of amides is 3. The number of para-hydroxylation sites is 1. The zero-order valence-electron chi connectivity index (χ0n) is 28.6. The summed E-state index contributed by atoms with van der Waals surface area (Å²) in [5.74, 6) is -1.77.